The normalized spacial score (nSPS) is 18.1. The fourth-order valence-corrected chi connectivity index (χ4v) is 2.45. The molecule has 0 radical (unpaired) electrons. The summed E-state index contributed by atoms with van der Waals surface area (Å²) in [6, 6.07) is 0.771. The predicted octanol–water partition coefficient (Wildman–Crippen LogP) is 3.77. The molecule has 1 aliphatic rings. The minimum absolute atomic E-state index is 0.771. The molecule has 1 aliphatic carbocycles. The first-order chi connectivity index (χ1) is 7.09. The maximum absolute atomic E-state index is 4.03. The molecule has 1 fully saturated rings. The van der Waals surface area contributed by atoms with E-state index in [1.807, 2.05) is 0 Å². The number of rotatable bonds is 5. The molecule has 1 heteroatoms. The Bertz CT molecular complexity index is 207. The molecule has 0 N–H and O–H groups in total. The van der Waals surface area contributed by atoms with Gasteiger partial charge in [0.15, 0.2) is 0 Å². The molecule has 0 spiro atoms. The van der Waals surface area contributed by atoms with Gasteiger partial charge in [0.1, 0.15) is 0 Å². The largest absolute Gasteiger partial charge is 0.293 e. The molecule has 86 valence electrons. The molecular formula is C14H25N. The molecule has 1 nitrogen and oxygen atoms in total. The van der Waals surface area contributed by atoms with E-state index in [9.17, 15) is 0 Å². The van der Waals surface area contributed by atoms with Crippen LogP contribution in [0.15, 0.2) is 24.3 Å². The maximum atomic E-state index is 4.03. The predicted molar refractivity (Wildman–Crippen MR) is 68.1 cm³/mol. The molecule has 15 heavy (non-hydrogen) atoms. The summed E-state index contributed by atoms with van der Waals surface area (Å²) in [6.07, 6.45) is 6.94. The Morgan fingerprint density at radius 3 is 1.87 bits per heavy atom. The van der Waals surface area contributed by atoms with Crippen molar-refractivity contribution in [3.05, 3.63) is 24.3 Å². The number of nitrogens with zero attached hydrogens (tertiary/aromatic N) is 1. The monoisotopic (exact) mass is 207 g/mol. The van der Waals surface area contributed by atoms with Crippen molar-refractivity contribution in [2.45, 2.75) is 52.0 Å². The number of hydrogen-bond acceptors (Lipinski definition) is 1. The first kappa shape index (κ1) is 12.5. The fourth-order valence-electron chi connectivity index (χ4n) is 2.45. The Balaban J connectivity index is 2.52. The summed E-state index contributed by atoms with van der Waals surface area (Å²) < 4.78 is 0. The van der Waals surface area contributed by atoms with Gasteiger partial charge in [-0.25, -0.2) is 0 Å². The van der Waals surface area contributed by atoms with Gasteiger partial charge in [-0.15, -0.1) is 0 Å². The average Bonchev–Trinajstić information content (AvgIpc) is 2.17. The molecule has 0 aliphatic heterocycles. The van der Waals surface area contributed by atoms with Crippen LogP contribution >= 0.6 is 0 Å². The van der Waals surface area contributed by atoms with Gasteiger partial charge in [0.05, 0.1) is 0 Å². The van der Waals surface area contributed by atoms with Crippen LogP contribution < -0.4 is 0 Å². The van der Waals surface area contributed by atoms with E-state index < -0.39 is 0 Å². The third-order valence-electron chi connectivity index (χ3n) is 3.04. The van der Waals surface area contributed by atoms with E-state index in [1.165, 1.54) is 43.3 Å². The molecule has 0 heterocycles. The zero-order valence-electron chi connectivity index (χ0n) is 10.4. The zero-order valence-corrected chi connectivity index (χ0v) is 10.4. The van der Waals surface area contributed by atoms with Gasteiger partial charge in [-0.1, -0.05) is 43.6 Å². The summed E-state index contributed by atoms with van der Waals surface area (Å²) in [4.78, 5) is 2.56. The van der Waals surface area contributed by atoms with E-state index in [1.54, 1.807) is 0 Å². The average molecular weight is 207 g/mol. The summed E-state index contributed by atoms with van der Waals surface area (Å²) >= 11 is 0. The summed E-state index contributed by atoms with van der Waals surface area (Å²) in [5.74, 6) is 0. The smallest absolute Gasteiger partial charge is 0.0193 e. The Kier molecular flexibility index (Phi) is 5.10. The summed E-state index contributed by atoms with van der Waals surface area (Å²) in [5, 5.41) is 0. The minimum atomic E-state index is 0.771. The maximum Gasteiger partial charge on any atom is 0.0193 e. The Hall–Kier alpha value is -0.560. The first-order valence-corrected chi connectivity index (χ1v) is 6.12. The quantitative estimate of drug-likeness (QED) is 0.620. The van der Waals surface area contributed by atoms with Gasteiger partial charge in [0.25, 0.3) is 0 Å². The van der Waals surface area contributed by atoms with Crippen molar-refractivity contribution in [2.75, 3.05) is 13.1 Å². The molecule has 0 saturated heterocycles. The van der Waals surface area contributed by atoms with Crippen LogP contribution in [0.2, 0.25) is 0 Å². The molecule has 0 atom stereocenters. The van der Waals surface area contributed by atoms with Crippen LogP contribution in [0.5, 0.6) is 0 Å². The van der Waals surface area contributed by atoms with Crippen LogP contribution in [0, 0.1) is 0 Å². The zero-order chi connectivity index (χ0) is 11.3. The lowest BCUT2D eigenvalue weighted by Crippen LogP contribution is -2.38. The highest BCUT2D eigenvalue weighted by molar-refractivity contribution is 4.99. The summed E-state index contributed by atoms with van der Waals surface area (Å²) in [5.41, 5.74) is 2.53. The third-order valence-corrected chi connectivity index (χ3v) is 3.04. The SMILES string of the molecule is C=C(C)CN(CC(=C)C)C1CCCCC1. The van der Waals surface area contributed by atoms with Crippen molar-refractivity contribution >= 4 is 0 Å². The van der Waals surface area contributed by atoms with Gasteiger partial charge < -0.3 is 0 Å². The standard InChI is InChI=1S/C14H25N/c1-12(2)10-15(11-13(3)4)14-8-6-5-7-9-14/h14H,1,3,5-11H2,2,4H3. The lowest BCUT2D eigenvalue weighted by atomic mass is 9.93. The van der Waals surface area contributed by atoms with Crippen molar-refractivity contribution in [3.63, 3.8) is 0 Å². The highest BCUT2D eigenvalue weighted by Gasteiger charge is 2.20. The van der Waals surface area contributed by atoms with Crippen LogP contribution in [-0.2, 0) is 0 Å². The first-order valence-electron chi connectivity index (χ1n) is 6.12. The highest BCUT2D eigenvalue weighted by Crippen LogP contribution is 2.23. The molecule has 0 aromatic carbocycles. The summed E-state index contributed by atoms with van der Waals surface area (Å²) in [7, 11) is 0. The Morgan fingerprint density at radius 2 is 1.47 bits per heavy atom. The van der Waals surface area contributed by atoms with Gasteiger partial charge in [0.2, 0.25) is 0 Å². The highest BCUT2D eigenvalue weighted by atomic mass is 15.2. The molecule has 1 rings (SSSR count). The summed E-state index contributed by atoms with van der Waals surface area (Å²) in [6.45, 7) is 14.4. The van der Waals surface area contributed by atoms with E-state index in [0.29, 0.717) is 0 Å². The van der Waals surface area contributed by atoms with Crippen LogP contribution in [0.4, 0.5) is 0 Å². The second-order valence-corrected chi connectivity index (χ2v) is 5.11. The van der Waals surface area contributed by atoms with Gasteiger partial charge in [-0.3, -0.25) is 4.90 Å². The van der Waals surface area contributed by atoms with E-state index in [2.05, 4.69) is 31.9 Å². The van der Waals surface area contributed by atoms with Crippen LogP contribution in [0.1, 0.15) is 46.0 Å². The molecule has 0 unspecified atom stereocenters. The molecule has 1 saturated carbocycles. The van der Waals surface area contributed by atoms with Crippen LogP contribution in [-0.4, -0.2) is 24.0 Å². The van der Waals surface area contributed by atoms with E-state index in [0.717, 1.165) is 19.1 Å². The molecule has 0 bridgehead atoms. The van der Waals surface area contributed by atoms with E-state index >= 15 is 0 Å². The fraction of sp³-hybridized carbons (Fsp3) is 0.714. The van der Waals surface area contributed by atoms with Crippen molar-refractivity contribution in [2.24, 2.45) is 0 Å². The van der Waals surface area contributed by atoms with E-state index in [-0.39, 0.29) is 0 Å². The Labute approximate surface area is 94.9 Å². The van der Waals surface area contributed by atoms with Crippen LogP contribution in [0.25, 0.3) is 0 Å². The Morgan fingerprint density at radius 1 is 1.00 bits per heavy atom. The second kappa shape index (κ2) is 6.12. The molecule has 0 amide bonds. The third kappa shape index (κ3) is 4.65. The second-order valence-electron chi connectivity index (χ2n) is 5.11. The lowest BCUT2D eigenvalue weighted by molar-refractivity contribution is 0.182. The number of hydrogen-bond donors (Lipinski definition) is 0. The lowest BCUT2D eigenvalue weighted by Gasteiger charge is -2.34. The van der Waals surface area contributed by atoms with E-state index in [4.69, 9.17) is 0 Å². The molecule has 0 aromatic rings. The van der Waals surface area contributed by atoms with Gasteiger partial charge in [0, 0.05) is 19.1 Å². The molecule has 0 aromatic heterocycles. The topological polar surface area (TPSA) is 3.24 Å². The van der Waals surface area contributed by atoms with Crippen molar-refractivity contribution in [3.8, 4) is 0 Å². The van der Waals surface area contributed by atoms with Crippen molar-refractivity contribution in [1.29, 1.82) is 0 Å². The van der Waals surface area contributed by atoms with Gasteiger partial charge in [-0.2, -0.15) is 0 Å². The van der Waals surface area contributed by atoms with Gasteiger partial charge >= 0.3 is 0 Å². The minimum Gasteiger partial charge on any atom is -0.293 e. The van der Waals surface area contributed by atoms with Crippen LogP contribution in [0.3, 0.4) is 0 Å². The van der Waals surface area contributed by atoms with Crippen molar-refractivity contribution in [1.82, 2.24) is 4.90 Å². The van der Waals surface area contributed by atoms with Crippen molar-refractivity contribution < 1.29 is 0 Å². The molecular weight excluding hydrogens is 182 g/mol. The van der Waals surface area contributed by atoms with Gasteiger partial charge in [-0.05, 0) is 26.7 Å².